The van der Waals surface area contributed by atoms with Crippen molar-refractivity contribution in [3.05, 3.63) is 35.0 Å². The van der Waals surface area contributed by atoms with Crippen molar-refractivity contribution < 1.29 is 0 Å². The fourth-order valence-electron chi connectivity index (χ4n) is 2.89. The maximum atomic E-state index is 6.19. The molecule has 1 aromatic heterocycles. The number of halogens is 1. The van der Waals surface area contributed by atoms with Crippen molar-refractivity contribution in [3.63, 3.8) is 0 Å². The summed E-state index contributed by atoms with van der Waals surface area (Å²) in [4.78, 5) is 0. The summed E-state index contributed by atoms with van der Waals surface area (Å²) in [6.07, 6.45) is 7.08. The van der Waals surface area contributed by atoms with Gasteiger partial charge in [0.1, 0.15) is 0 Å². The van der Waals surface area contributed by atoms with Crippen LogP contribution in [0.3, 0.4) is 0 Å². The number of aromatic nitrogens is 1. The summed E-state index contributed by atoms with van der Waals surface area (Å²) in [6, 6.07) is 7.28. The van der Waals surface area contributed by atoms with E-state index in [0.29, 0.717) is 6.04 Å². The van der Waals surface area contributed by atoms with Crippen LogP contribution in [0.4, 0.5) is 0 Å². The van der Waals surface area contributed by atoms with Crippen LogP contribution in [0.25, 0.3) is 10.9 Å². The number of nitrogens with zero attached hydrogens (tertiary/aromatic N) is 1. The first-order valence-electron chi connectivity index (χ1n) is 6.71. The second-order valence-corrected chi connectivity index (χ2v) is 5.70. The molecule has 0 radical (unpaired) electrons. The maximum absolute atomic E-state index is 6.19. The Kier molecular flexibility index (Phi) is 3.31. The first-order valence-corrected chi connectivity index (χ1v) is 7.08. The van der Waals surface area contributed by atoms with Gasteiger partial charge in [-0.3, -0.25) is 0 Å². The minimum atomic E-state index is 0.645. The molecule has 1 aromatic carbocycles. The molecular weight excluding hydrogens is 244 g/mol. The molecule has 2 nitrogen and oxygen atoms in total. The number of hydrogen-bond donors (Lipinski definition) is 1. The van der Waals surface area contributed by atoms with Crippen LogP contribution in [0.15, 0.2) is 24.4 Å². The highest BCUT2D eigenvalue weighted by Crippen LogP contribution is 2.26. The number of hydrogen-bond acceptors (Lipinski definition) is 1. The first-order chi connectivity index (χ1) is 8.74. The number of nitrogens with one attached hydrogen (secondary N) is 1. The molecule has 0 amide bonds. The molecule has 1 atom stereocenters. The molecule has 0 saturated carbocycles. The van der Waals surface area contributed by atoms with E-state index in [1.54, 1.807) is 0 Å². The Morgan fingerprint density at radius 3 is 3.06 bits per heavy atom. The predicted octanol–water partition coefficient (Wildman–Crippen LogP) is 3.52. The SMILES string of the molecule is Cn1cc(Cl)c2ccc(CC3CCCCN3)cc21. The lowest BCUT2D eigenvalue weighted by atomic mass is 9.97. The molecule has 0 bridgehead atoms. The Bertz CT molecular complexity index is 553. The average molecular weight is 263 g/mol. The minimum absolute atomic E-state index is 0.645. The van der Waals surface area contributed by atoms with E-state index in [1.807, 2.05) is 6.20 Å². The molecule has 1 aliphatic heterocycles. The van der Waals surface area contributed by atoms with Crippen molar-refractivity contribution in [1.82, 2.24) is 9.88 Å². The van der Waals surface area contributed by atoms with Crippen molar-refractivity contribution in [2.24, 2.45) is 7.05 Å². The van der Waals surface area contributed by atoms with Crippen LogP contribution in [-0.2, 0) is 13.5 Å². The second-order valence-electron chi connectivity index (χ2n) is 5.29. The molecule has 96 valence electrons. The van der Waals surface area contributed by atoms with E-state index >= 15 is 0 Å². The van der Waals surface area contributed by atoms with E-state index in [0.717, 1.165) is 16.8 Å². The van der Waals surface area contributed by atoms with E-state index in [2.05, 4.69) is 35.1 Å². The third kappa shape index (κ3) is 2.27. The lowest BCUT2D eigenvalue weighted by molar-refractivity contribution is 0.399. The van der Waals surface area contributed by atoms with E-state index in [4.69, 9.17) is 11.6 Å². The Hall–Kier alpha value is -0.990. The molecular formula is C15H19ClN2. The number of aryl methyl sites for hydroxylation is 1. The smallest absolute Gasteiger partial charge is 0.0661 e. The molecule has 1 saturated heterocycles. The molecule has 1 fully saturated rings. The zero-order valence-corrected chi connectivity index (χ0v) is 11.5. The van der Waals surface area contributed by atoms with Crippen LogP contribution < -0.4 is 5.32 Å². The third-order valence-corrected chi connectivity index (χ3v) is 4.20. The van der Waals surface area contributed by atoms with E-state index < -0.39 is 0 Å². The molecule has 1 aliphatic rings. The second kappa shape index (κ2) is 4.94. The summed E-state index contributed by atoms with van der Waals surface area (Å²) in [7, 11) is 2.05. The fraction of sp³-hybridized carbons (Fsp3) is 0.467. The third-order valence-electron chi connectivity index (χ3n) is 3.90. The lowest BCUT2D eigenvalue weighted by Gasteiger charge is -2.23. The largest absolute Gasteiger partial charge is 0.349 e. The van der Waals surface area contributed by atoms with Gasteiger partial charge >= 0.3 is 0 Å². The highest BCUT2D eigenvalue weighted by Gasteiger charge is 2.13. The van der Waals surface area contributed by atoms with Gasteiger partial charge in [-0.2, -0.15) is 0 Å². The van der Waals surface area contributed by atoms with Crippen molar-refractivity contribution in [2.75, 3.05) is 6.54 Å². The average Bonchev–Trinajstić information content (AvgIpc) is 2.66. The molecule has 0 aliphatic carbocycles. The molecule has 2 heterocycles. The zero-order chi connectivity index (χ0) is 12.5. The van der Waals surface area contributed by atoms with Crippen LogP contribution in [0.1, 0.15) is 24.8 Å². The normalized spacial score (nSPS) is 20.4. The molecule has 1 N–H and O–H groups in total. The highest BCUT2D eigenvalue weighted by atomic mass is 35.5. The predicted molar refractivity (Wildman–Crippen MR) is 77.3 cm³/mol. The van der Waals surface area contributed by atoms with E-state index in [-0.39, 0.29) is 0 Å². The number of piperidine rings is 1. The van der Waals surface area contributed by atoms with E-state index in [1.165, 1.54) is 36.9 Å². The van der Waals surface area contributed by atoms with Gasteiger partial charge in [-0.15, -0.1) is 0 Å². The summed E-state index contributed by atoms with van der Waals surface area (Å²) in [6.45, 7) is 1.17. The number of benzene rings is 1. The van der Waals surface area contributed by atoms with Crippen molar-refractivity contribution >= 4 is 22.5 Å². The van der Waals surface area contributed by atoms with E-state index in [9.17, 15) is 0 Å². The fourth-order valence-corrected chi connectivity index (χ4v) is 3.20. The summed E-state index contributed by atoms with van der Waals surface area (Å²) in [5.41, 5.74) is 2.63. The van der Waals surface area contributed by atoms with Gasteiger partial charge in [0, 0.05) is 30.2 Å². The topological polar surface area (TPSA) is 17.0 Å². The standard InChI is InChI=1S/C15H19ClN2/c1-18-10-14(16)13-6-5-11(9-15(13)18)8-12-4-2-3-7-17-12/h5-6,9-10,12,17H,2-4,7-8H2,1H3. The molecule has 1 unspecified atom stereocenters. The molecule has 3 rings (SSSR count). The van der Waals surface area contributed by atoms with Gasteiger partial charge in [0.15, 0.2) is 0 Å². The number of rotatable bonds is 2. The molecule has 3 heteroatoms. The summed E-state index contributed by atoms with van der Waals surface area (Å²) in [5.74, 6) is 0. The van der Waals surface area contributed by atoms with Crippen molar-refractivity contribution in [2.45, 2.75) is 31.7 Å². The van der Waals surface area contributed by atoms with Crippen molar-refractivity contribution in [1.29, 1.82) is 0 Å². The van der Waals surface area contributed by atoms with Gasteiger partial charge in [-0.05, 0) is 37.4 Å². The van der Waals surface area contributed by atoms with Crippen molar-refractivity contribution in [3.8, 4) is 0 Å². The van der Waals surface area contributed by atoms with Gasteiger partial charge in [0.05, 0.1) is 5.02 Å². The highest BCUT2D eigenvalue weighted by molar-refractivity contribution is 6.35. The monoisotopic (exact) mass is 262 g/mol. The summed E-state index contributed by atoms with van der Waals surface area (Å²) < 4.78 is 2.11. The van der Waals surface area contributed by atoms with Crippen LogP contribution in [-0.4, -0.2) is 17.2 Å². The molecule has 18 heavy (non-hydrogen) atoms. The Balaban J connectivity index is 1.86. The van der Waals surface area contributed by atoms with Crippen LogP contribution in [0.5, 0.6) is 0 Å². The zero-order valence-electron chi connectivity index (χ0n) is 10.7. The van der Waals surface area contributed by atoms with Crippen LogP contribution >= 0.6 is 11.6 Å². The van der Waals surface area contributed by atoms with Gasteiger partial charge in [0.2, 0.25) is 0 Å². The molecule has 0 spiro atoms. The van der Waals surface area contributed by atoms with Gasteiger partial charge < -0.3 is 9.88 Å². The van der Waals surface area contributed by atoms with Crippen LogP contribution in [0.2, 0.25) is 5.02 Å². The Morgan fingerprint density at radius 2 is 2.28 bits per heavy atom. The first kappa shape index (κ1) is 12.1. The Labute approximate surface area is 113 Å². The summed E-state index contributed by atoms with van der Waals surface area (Å²) >= 11 is 6.19. The van der Waals surface area contributed by atoms with Gasteiger partial charge in [0.25, 0.3) is 0 Å². The minimum Gasteiger partial charge on any atom is -0.349 e. The summed E-state index contributed by atoms with van der Waals surface area (Å²) in [5, 5.41) is 5.60. The maximum Gasteiger partial charge on any atom is 0.0661 e. The number of fused-ring (bicyclic) bond motifs is 1. The lowest BCUT2D eigenvalue weighted by Crippen LogP contribution is -2.35. The Morgan fingerprint density at radius 1 is 1.39 bits per heavy atom. The van der Waals surface area contributed by atoms with Gasteiger partial charge in [-0.25, -0.2) is 0 Å². The molecule has 2 aromatic rings. The van der Waals surface area contributed by atoms with Crippen LogP contribution in [0, 0.1) is 0 Å². The van der Waals surface area contributed by atoms with Gasteiger partial charge in [-0.1, -0.05) is 30.2 Å². The quantitative estimate of drug-likeness (QED) is 0.876.